The van der Waals surface area contributed by atoms with Crippen LogP contribution in [0.5, 0.6) is 0 Å². The molecule has 0 aromatic rings. The standard InChI is InChI=1S/C15H30N2O/c1-5-12(3)17-15(18)9-10-16-14-8-6-7-11(2)13(14)4/h11-14,16H,5-10H2,1-4H3,(H,17,18). The van der Waals surface area contributed by atoms with Crippen LogP contribution in [0.2, 0.25) is 0 Å². The molecule has 2 N–H and O–H groups in total. The number of hydrogen-bond donors (Lipinski definition) is 2. The van der Waals surface area contributed by atoms with Crippen molar-refractivity contribution in [1.29, 1.82) is 0 Å². The Morgan fingerprint density at radius 3 is 2.72 bits per heavy atom. The van der Waals surface area contributed by atoms with Gasteiger partial charge < -0.3 is 10.6 Å². The highest BCUT2D eigenvalue weighted by Gasteiger charge is 2.26. The number of carbonyl (C=O) groups excluding carboxylic acids is 1. The van der Waals surface area contributed by atoms with E-state index in [-0.39, 0.29) is 5.91 Å². The van der Waals surface area contributed by atoms with Crippen LogP contribution in [-0.2, 0) is 4.79 Å². The number of rotatable bonds is 6. The molecule has 3 heteroatoms. The molecule has 4 atom stereocenters. The molecular weight excluding hydrogens is 224 g/mol. The van der Waals surface area contributed by atoms with E-state index in [1.807, 2.05) is 0 Å². The minimum Gasteiger partial charge on any atom is -0.354 e. The van der Waals surface area contributed by atoms with Gasteiger partial charge in [0.1, 0.15) is 0 Å². The second-order valence-electron chi connectivity index (χ2n) is 5.95. The molecule has 1 saturated carbocycles. The van der Waals surface area contributed by atoms with E-state index in [1.165, 1.54) is 19.3 Å². The van der Waals surface area contributed by atoms with Gasteiger partial charge in [-0.3, -0.25) is 4.79 Å². The van der Waals surface area contributed by atoms with Gasteiger partial charge in [-0.05, 0) is 31.6 Å². The van der Waals surface area contributed by atoms with Gasteiger partial charge in [0.25, 0.3) is 0 Å². The van der Waals surface area contributed by atoms with E-state index in [4.69, 9.17) is 0 Å². The zero-order chi connectivity index (χ0) is 13.5. The third kappa shape index (κ3) is 4.97. The van der Waals surface area contributed by atoms with E-state index in [1.54, 1.807) is 0 Å². The van der Waals surface area contributed by atoms with Crippen molar-refractivity contribution < 1.29 is 4.79 Å². The molecule has 0 heterocycles. The average Bonchev–Trinajstić information content (AvgIpc) is 2.34. The maximum Gasteiger partial charge on any atom is 0.221 e. The lowest BCUT2D eigenvalue weighted by molar-refractivity contribution is -0.121. The molecule has 0 saturated heterocycles. The second kappa shape index (κ2) is 7.78. The van der Waals surface area contributed by atoms with Gasteiger partial charge >= 0.3 is 0 Å². The fraction of sp³-hybridized carbons (Fsp3) is 0.933. The minimum absolute atomic E-state index is 0.174. The minimum atomic E-state index is 0.174. The highest BCUT2D eigenvalue weighted by Crippen LogP contribution is 2.29. The molecule has 3 nitrogen and oxygen atoms in total. The van der Waals surface area contributed by atoms with Gasteiger partial charge in [-0.25, -0.2) is 0 Å². The van der Waals surface area contributed by atoms with Crippen LogP contribution in [0.15, 0.2) is 0 Å². The molecule has 0 radical (unpaired) electrons. The first-order valence-electron chi connectivity index (χ1n) is 7.57. The van der Waals surface area contributed by atoms with Crippen LogP contribution in [0.25, 0.3) is 0 Å². The summed E-state index contributed by atoms with van der Waals surface area (Å²) in [6.07, 6.45) is 5.53. The monoisotopic (exact) mass is 254 g/mol. The van der Waals surface area contributed by atoms with E-state index in [9.17, 15) is 4.79 Å². The first kappa shape index (κ1) is 15.5. The van der Waals surface area contributed by atoms with E-state index >= 15 is 0 Å². The number of amides is 1. The summed E-state index contributed by atoms with van der Waals surface area (Å²) in [4.78, 5) is 11.6. The van der Waals surface area contributed by atoms with Crippen molar-refractivity contribution >= 4 is 5.91 Å². The summed E-state index contributed by atoms with van der Waals surface area (Å²) in [7, 11) is 0. The lowest BCUT2D eigenvalue weighted by atomic mass is 9.78. The summed E-state index contributed by atoms with van der Waals surface area (Å²) in [5.74, 6) is 1.72. The van der Waals surface area contributed by atoms with Gasteiger partial charge in [-0.2, -0.15) is 0 Å². The van der Waals surface area contributed by atoms with Crippen LogP contribution in [0.4, 0.5) is 0 Å². The first-order valence-corrected chi connectivity index (χ1v) is 7.57. The zero-order valence-electron chi connectivity index (χ0n) is 12.5. The van der Waals surface area contributed by atoms with Crippen LogP contribution < -0.4 is 10.6 Å². The van der Waals surface area contributed by atoms with E-state index in [0.29, 0.717) is 18.5 Å². The predicted octanol–water partition coefficient (Wildman–Crippen LogP) is 2.71. The average molecular weight is 254 g/mol. The second-order valence-corrected chi connectivity index (χ2v) is 5.95. The molecule has 18 heavy (non-hydrogen) atoms. The normalized spacial score (nSPS) is 29.9. The van der Waals surface area contributed by atoms with Crippen LogP contribution in [0.3, 0.4) is 0 Å². The molecule has 4 unspecified atom stereocenters. The Morgan fingerprint density at radius 1 is 1.33 bits per heavy atom. The molecule has 106 valence electrons. The Labute approximate surface area is 112 Å². The first-order chi connectivity index (χ1) is 8.54. The lowest BCUT2D eigenvalue weighted by Gasteiger charge is -2.34. The smallest absolute Gasteiger partial charge is 0.221 e. The molecule has 0 aliphatic heterocycles. The fourth-order valence-corrected chi connectivity index (χ4v) is 2.69. The third-order valence-corrected chi connectivity index (χ3v) is 4.49. The maximum atomic E-state index is 11.6. The van der Waals surface area contributed by atoms with Gasteiger partial charge in [-0.1, -0.05) is 33.6 Å². The van der Waals surface area contributed by atoms with Gasteiger partial charge in [-0.15, -0.1) is 0 Å². The van der Waals surface area contributed by atoms with Gasteiger partial charge in [0.05, 0.1) is 0 Å². The van der Waals surface area contributed by atoms with Gasteiger partial charge in [0.2, 0.25) is 5.91 Å². The summed E-state index contributed by atoms with van der Waals surface area (Å²) < 4.78 is 0. The molecule has 1 fully saturated rings. The number of carbonyl (C=O) groups is 1. The van der Waals surface area contributed by atoms with Gasteiger partial charge in [0.15, 0.2) is 0 Å². The quantitative estimate of drug-likeness (QED) is 0.765. The molecule has 0 aromatic carbocycles. The topological polar surface area (TPSA) is 41.1 Å². The Morgan fingerprint density at radius 2 is 2.06 bits per heavy atom. The van der Waals surface area contributed by atoms with Crippen LogP contribution in [0.1, 0.15) is 59.8 Å². The Bertz CT molecular complexity index is 255. The number of hydrogen-bond acceptors (Lipinski definition) is 2. The summed E-state index contributed by atoms with van der Waals surface area (Å²) in [5, 5.41) is 6.57. The molecule has 1 rings (SSSR count). The number of nitrogens with one attached hydrogen (secondary N) is 2. The van der Waals surface area contributed by atoms with Crippen molar-refractivity contribution in [1.82, 2.24) is 10.6 Å². The van der Waals surface area contributed by atoms with Crippen molar-refractivity contribution in [2.24, 2.45) is 11.8 Å². The van der Waals surface area contributed by atoms with Crippen LogP contribution >= 0.6 is 0 Å². The maximum absolute atomic E-state index is 11.6. The van der Waals surface area contributed by atoms with Crippen molar-refractivity contribution in [3.8, 4) is 0 Å². The zero-order valence-corrected chi connectivity index (χ0v) is 12.5. The molecule has 1 amide bonds. The van der Waals surface area contributed by atoms with Crippen molar-refractivity contribution in [2.75, 3.05) is 6.54 Å². The Hall–Kier alpha value is -0.570. The highest BCUT2D eigenvalue weighted by molar-refractivity contribution is 5.76. The predicted molar refractivity (Wildman–Crippen MR) is 76.5 cm³/mol. The molecule has 0 spiro atoms. The van der Waals surface area contributed by atoms with Crippen LogP contribution in [0, 0.1) is 11.8 Å². The van der Waals surface area contributed by atoms with E-state index in [2.05, 4.69) is 38.3 Å². The fourth-order valence-electron chi connectivity index (χ4n) is 2.69. The Kier molecular flexibility index (Phi) is 6.69. The summed E-state index contributed by atoms with van der Waals surface area (Å²) in [6, 6.07) is 0.899. The molecule has 0 bridgehead atoms. The van der Waals surface area contributed by atoms with Crippen molar-refractivity contribution in [2.45, 2.75) is 71.9 Å². The Balaban J connectivity index is 2.18. The van der Waals surface area contributed by atoms with Crippen molar-refractivity contribution in [3.05, 3.63) is 0 Å². The largest absolute Gasteiger partial charge is 0.354 e. The van der Waals surface area contributed by atoms with E-state index in [0.717, 1.165) is 24.8 Å². The SMILES string of the molecule is CCC(C)NC(=O)CCNC1CCCC(C)C1C. The molecule has 1 aliphatic rings. The highest BCUT2D eigenvalue weighted by atomic mass is 16.1. The summed E-state index contributed by atoms with van der Waals surface area (Å²) in [5.41, 5.74) is 0. The lowest BCUT2D eigenvalue weighted by Crippen LogP contribution is -2.42. The third-order valence-electron chi connectivity index (χ3n) is 4.49. The molecular formula is C15H30N2O. The van der Waals surface area contributed by atoms with Crippen molar-refractivity contribution in [3.63, 3.8) is 0 Å². The van der Waals surface area contributed by atoms with Crippen LogP contribution in [-0.4, -0.2) is 24.5 Å². The summed E-state index contributed by atoms with van der Waals surface area (Å²) >= 11 is 0. The van der Waals surface area contributed by atoms with Gasteiger partial charge in [0, 0.05) is 25.0 Å². The molecule has 1 aliphatic carbocycles. The summed E-state index contributed by atoms with van der Waals surface area (Å²) in [6.45, 7) is 9.63. The van der Waals surface area contributed by atoms with E-state index < -0.39 is 0 Å². The molecule has 0 aromatic heterocycles.